The zero-order valence-corrected chi connectivity index (χ0v) is 24.3. The molecule has 3 aliphatic rings. The smallest absolute Gasteiger partial charge is 0.407 e. The van der Waals surface area contributed by atoms with E-state index >= 15 is 0 Å². The summed E-state index contributed by atoms with van der Waals surface area (Å²) in [6.07, 6.45) is 4.20. The molecule has 0 bridgehead atoms. The van der Waals surface area contributed by atoms with Crippen molar-refractivity contribution in [1.82, 2.24) is 15.1 Å². The van der Waals surface area contributed by atoms with Crippen LogP contribution in [0.4, 0.5) is 9.18 Å². The number of likely N-dealkylation sites (tertiary alicyclic amines) is 2. The van der Waals surface area contributed by atoms with Crippen molar-refractivity contribution in [1.29, 1.82) is 0 Å². The van der Waals surface area contributed by atoms with E-state index < -0.39 is 5.60 Å². The molecule has 2 aliphatic heterocycles. The van der Waals surface area contributed by atoms with Crippen molar-refractivity contribution in [2.75, 3.05) is 32.7 Å². The number of halogens is 1. The summed E-state index contributed by atoms with van der Waals surface area (Å²) in [7, 11) is 0. The molecule has 218 valence electrons. The zero-order valence-electron chi connectivity index (χ0n) is 24.3. The van der Waals surface area contributed by atoms with Crippen LogP contribution in [-0.4, -0.2) is 71.5 Å². The summed E-state index contributed by atoms with van der Waals surface area (Å²) < 4.78 is 20.6. The first-order chi connectivity index (χ1) is 19.1. The molecular weight excluding hydrogens is 505 g/mol. The lowest BCUT2D eigenvalue weighted by Gasteiger charge is -2.54. The Morgan fingerprint density at radius 3 is 2.38 bits per heavy atom. The first-order valence-electron chi connectivity index (χ1n) is 15.0. The number of aliphatic hydroxyl groups excluding tert-OH is 1. The molecule has 0 aromatic heterocycles. The number of piperidine rings is 1. The third kappa shape index (κ3) is 6.69. The topological polar surface area (TPSA) is 65.0 Å². The molecule has 2 aromatic carbocycles. The van der Waals surface area contributed by atoms with Gasteiger partial charge >= 0.3 is 6.09 Å². The summed E-state index contributed by atoms with van der Waals surface area (Å²) in [4.78, 5) is 17.8. The van der Waals surface area contributed by atoms with Gasteiger partial charge in [0.05, 0.1) is 6.10 Å². The molecule has 1 unspecified atom stereocenters. The molecule has 6 nitrogen and oxygen atoms in total. The van der Waals surface area contributed by atoms with Gasteiger partial charge in [0.2, 0.25) is 0 Å². The Balaban J connectivity index is 1.46. The van der Waals surface area contributed by atoms with E-state index in [-0.39, 0.29) is 35.4 Å². The number of ether oxygens (including phenoxy) is 1. The number of benzene rings is 2. The van der Waals surface area contributed by atoms with Crippen LogP contribution < -0.4 is 5.32 Å². The Morgan fingerprint density at radius 2 is 1.73 bits per heavy atom. The fraction of sp³-hybridized carbons (Fsp3) is 0.606. The van der Waals surface area contributed by atoms with Gasteiger partial charge in [0.15, 0.2) is 0 Å². The Bertz CT molecular complexity index is 1130. The molecule has 2 heterocycles. The van der Waals surface area contributed by atoms with E-state index in [2.05, 4.69) is 51.5 Å². The van der Waals surface area contributed by atoms with Crippen molar-refractivity contribution in [3.05, 3.63) is 71.5 Å². The van der Waals surface area contributed by atoms with E-state index in [1.54, 1.807) is 6.07 Å². The van der Waals surface area contributed by atoms with Crippen molar-refractivity contribution in [2.45, 2.75) is 82.6 Å². The average Bonchev–Trinajstić information content (AvgIpc) is 3.34. The van der Waals surface area contributed by atoms with E-state index in [1.807, 2.05) is 26.8 Å². The Hall–Kier alpha value is -2.48. The first kappa shape index (κ1) is 29.0. The predicted molar refractivity (Wildman–Crippen MR) is 155 cm³/mol. The fourth-order valence-corrected chi connectivity index (χ4v) is 7.57. The number of alkyl carbamates (subject to hydrolysis) is 1. The van der Waals surface area contributed by atoms with Crippen LogP contribution in [0.25, 0.3) is 0 Å². The van der Waals surface area contributed by atoms with Gasteiger partial charge in [-0.3, -0.25) is 9.80 Å². The van der Waals surface area contributed by atoms with Crippen LogP contribution in [0.15, 0.2) is 54.6 Å². The summed E-state index contributed by atoms with van der Waals surface area (Å²) in [6, 6.07) is 17.7. The number of nitrogens with one attached hydrogen (secondary N) is 1. The number of carbonyl (C=O) groups is 1. The van der Waals surface area contributed by atoms with Gasteiger partial charge in [0.25, 0.3) is 0 Å². The highest BCUT2D eigenvalue weighted by molar-refractivity contribution is 5.68. The van der Waals surface area contributed by atoms with Gasteiger partial charge in [0, 0.05) is 37.6 Å². The first-order valence-corrected chi connectivity index (χ1v) is 15.0. The van der Waals surface area contributed by atoms with Crippen LogP contribution in [0.3, 0.4) is 0 Å². The van der Waals surface area contributed by atoms with Crippen LogP contribution in [0, 0.1) is 17.7 Å². The molecule has 1 saturated carbocycles. The van der Waals surface area contributed by atoms with Crippen molar-refractivity contribution in [2.24, 2.45) is 11.8 Å². The standard InChI is InChI=1S/C33H46FN3O3/c1-32(2,3)40-31(39)35-30-14-8-13-29(30)33(23-37-21-28(38)22-37,26-11-7-12-27(34)19-26)25-15-17-36(18-16-25)20-24-9-5-4-6-10-24/h4-7,9-12,19,25,28-30,38H,8,13-18,20-23H2,1-3H3,(H,35,39)/t29-,30-,33?/m0/s1. The van der Waals surface area contributed by atoms with Gasteiger partial charge < -0.3 is 15.2 Å². The van der Waals surface area contributed by atoms with Crippen LogP contribution in [0.5, 0.6) is 0 Å². The summed E-state index contributed by atoms with van der Waals surface area (Å²) >= 11 is 0. The molecule has 0 spiro atoms. The van der Waals surface area contributed by atoms with Gasteiger partial charge in [-0.05, 0) is 94.6 Å². The highest BCUT2D eigenvalue weighted by Crippen LogP contribution is 2.51. The number of β-amino-alcohol motifs (C(OH)–C–C–N with tert-alkyl or cyclic N) is 1. The summed E-state index contributed by atoms with van der Waals surface area (Å²) in [6.45, 7) is 10.6. The lowest BCUT2D eigenvalue weighted by atomic mass is 9.57. The second-order valence-corrected chi connectivity index (χ2v) is 13.2. The summed E-state index contributed by atoms with van der Waals surface area (Å²) in [5, 5.41) is 13.4. The van der Waals surface area contributed by atoms with Crippen LogP contribution in [0.1, 0.15) is 64.0 Å². The van der Waals surface area contributed by atoms with Crippen LogP contribution >= 0.6 is 0 Å². The van der Waals surface area contributed by atoms with Crippen molar-refractivity contribution in [3.63, 3.8) is 0 Å². The number of hydrogen-bond acceptors (Lipinski definition) is 5. The molecule has 1 amide bonds. The number of aliphatic hydroxyl groups is 1. The highest BCUT2D eigenvalue weighted by Gasteiger charge is 2.53. The Kier molecular flexibility index (Phi) is 8.83. The predicted octanol–water partition coefficient (Wildman–Crippen LogP) is 5.35. The van der Waals surface area contributed by atoms with Gasteiger partial charge in [-0.1, -0.05) is 48.9 Å². The van der Waals surface area contributed by atoms with Gasteiger partial charge in [0.1, 0.15) is 11.4 Å². The SMILES string of the molecule is CC(C)(C)OC(=O)N[C@H]1CCC[C@@H]1C(CN1CC(O)C1)(c1cccc(F)c1)C1CCN(Cc2ccccc2)CC1. The van der Waals surface area contributed by atoms with Gasteiger partial charge in [-0.2, -0.15) is 0 Å². The van der Waals surface area contributed by atoms with Gasteiger partial charge in [-0.25, -0.2) is 9.18 Å². The molecule has 3 atom stereocenters. The lowest BCUT2D eigenvalue weighted by molar-refractivity contribution is -0.0389. The maximum atomic E-state index is 14.9. The Morgan fingerprint density at radius 1 is 1.00 bits per heavy atom. The summed E-state index contributed by atoms with van der Waals surface area (Å²) in [5.41, 5.74) is 1.43. The largest absolute Gasteiger partial charge is 0.444 e. The fourth-order valence-electron chi connectivity index (χ4n) is 7.57. The molecule has 0 radical (unpaired) electrons. The van der Waals surface area contributed by atoms with Gasteiger partial charge in [-0.15, -0.1) is 0 Å². The van der Waals surface area contributed by atoms with Crippen LogP contribution in [-0.2, 0) is 16.7 Å². The molecule has 1 aliphatic carbocycles. The highest BCUT2D eigenvalue weighted by atomic mass is 19.1. The number of amides is 1. The number of nitrogens with zero attached hydrogens (tertiary/aromatic N) is 2. The van der Waals surface area contributed by atoms with Crippen molar-refractivity contribution >= 4 is 6.09 Å². The van der Waals surface area contributed by atoms with E-state index in [4.69, 9.17) is 4.74 Å². The van der Waals surface area contributed by atoms with Crippen molar-refractivity contribution in [3.8, 4) is 0 Å². The second kappa shape index (κ2) is 12.2. The molecule has 2 N–H and O–H groups in total. The minimum absolute atomic E-state index is 0.0494. The zero-order chi connectivity index (χ0) is 28.3. The average molecular weight is 552 g/mol. The van der Waals surface area contributed by atoms with Crippen LogP contribution in [0.2, 0.25) is 0 Å². The van der Waals surface area contributed by atoms with Crippen molar-refractivity contribution < 1.29 is 19.0 Å². The van der Waals surface area contributed by atoms with E-state index in [0.717, 1.165) is 63.8 Å². The lowest BCUT2D eigenvalue weighted by Crippen LogP contribution is -2.62. The maximum Gasteiger partial charge on any atom is 0.407 e. The minimum Gasteiger partial charge on any atom is -0.444 e. The second-order valence-electron chi connectivity index (χ2n) is 13.2. The third-order valence-electron chi connectivity index (χ3n) is 9.23. The normalized spacial score (nSPS) is 24.8. The minimum atomic E-state index is -0.572. The molecule has 2 aromatic rings. The molecule has 7 heteroatoms. The molecule has 40 heavy (non-hydrogen) atoms. The number of carbonyl (C=O) groups excluding carboxylic acids is 1. The molecule has 3 fully saturated rings. The maximum absolute atomic E-state index is 14.9. The third-order valence-corrected chi connectivity index (χ3v) is 9.23. The van der Waals surface area contributed by atoms with E-state index in [9.17, 15) is 14.3 Å². The molecular formula is C33H46FN3O3. The molecule has 2 saturated heterocycles. The monoisotopic (exact) mass is 551 g/mol. The van der Waals surface area contributed by atoms with E-state index in [0.29, 0.717) is 19.0 Å². The summed E-state index contributed by atoms with van der Waals surface area (Å²) in [5.74, 6) is 0.247. The number of hydrogen-bond donors (Lipinski definition) is 2. The Labute approximate surface area is 238 Å². The quantitative estimate of drug-likeness (QED) is 0.463. The van der Waals surface area contributed by atoms with E-state index in [1.165, 1.54) is 11.6 Å². The number of rotatable bonds is 8. The molecule has 5 rings (SSSR count).